The van der Waals surface area contributed by atoms with E-state index in [0.717, 1.165) is 60.2 Å². The number of rotatable bonds is 9. The molecule has 0 fully saturated rings. The Hall–Kier alpha value is -6.34. The van der Waals surface area contributed by atoms with Crippen molar-refractivity contribution in [2.24, 2.45) is 0 Å². The lowest BCUT2D eigenvalue weighted by atomic mass is 9.91. The Kier molecular flexibility index (Phi) is 16.6. The second kappa shape index (κ2) is 20.7. The molecular weight excluding hydrogens is 960 g/mol. The number of hydrogen-bond acceptors (Lipinski definition) is 6. The minimum atomic E-state index is -4.93. The molecular formula is C50H39ClF12O6. The first kappa shape index (κ1) is 55.3. The van der Waals surface area contributed by atoms with Crippen molar-refractivity contribution in [1.82, 2.24) is 0 Å². The molecule has 0 radical (unpaired) electrons. The van der Waals surface area contributed by atoms with Gasteiger partial charge >= 0.3 is 24.7 Å². The summed E-state index contributed by atoms with van der Waals surface area (Å²) < 4.78 is 155. The molecule has 69 heavy (non-hydrogen) atoms. The first-order valence-electron chi connectivity index (χ1n) is 19.9. The second-order valence-corrected chi connectivity index (χ2v) is 16.3. The molecule has 0 saturated heterocycles. The maximum atomic E-state index is 13.2. The van der Waals surface area contributed by atoms with Crippen LogP contribution in [0.25, 0.3) is 33.4 Å². The van der Waals surface area contributed by atoms with Gasteiger partial charge in [0, 0.05) is 27.3 Å². The number of carbonyl (C=O) groups is 3. The fraction of sp³-hybridized carbons (Fsp3) is 0.220. The van der Waals surface area contributed by atoms with Crippen LogP contribution in [-0.2, 0) is 23.0 Å². The first-order chi connectivity index (χ1) is 31.7. The quantitative estimate of drug-likeness (QED) is 0.0983. The van der Waals surface area contributed by atoms with Crippen molar-refractivity contribution >= 4 is 30.5 Å². The zero-order valence-electron chi connectivity index (χ0n) is 36.3. The summed E-state index contributed by atoms with van der Waals surface area (Å²) in [4.78, 5) is 32.1. The summed E-state index contributed by atoms with van der Waals surface area (Å²) in [6.45, 7) is 3.81. The molecule has 0 aliphatic carbocycles. The Balaban J connectivity index is 0.000000226. The molecule has 0 aliphatic rings. The van der Waals surface area contributed by atoms with Crippen LogP contribution < -0.4 is 0 Å². The standard InChI is InChI=1S/C17H12F6O2.C17H15F3O2.C16H12ClF3O2/c1-15(25,17(21,22)23)12-5-3-11(4-6-12)13-7-2-10(9-24)8-14(13)16(18,19)20;1-11-9-12(10-21)3-8-15(11)13-4-6-14(7-5-13)16(2,22)17(18,19)20;1-15(22,16(18,19)20)12-5-3-11(4-6-12)13-7-2-10(9-21)8-14(13)17/h2-9,25H,1H3;3-10,22H,1-2H3;2-9,22H,1H3. The van der Waals surface area contributed by atoms with E-state index >= 15 is 0 Å². The van der Waals surface area contributed by atoms with Gasteiger partial charge < -0.3 is 15.3 Å². The summed E-state index contributed by atoms with van der Waals surface area (Å²) in [5.74, 6) is 0. The molecule has 0 spiro atoms. The van der Waals surface area contributed by atoms with Gasteiger partial charge in [0.15, 0.2) is 16.8 Å². The van der Waals surface area contributed by atoms with E-state index in [1.165, 1.54) is 60.7 Å². The van der Waals surface area contributed by atoms with Crippen molar-refractivity contribution in [2.75, 3.05) is 0 Å². The molecule has 0 heterocycles. The molecule has 0 aliphatic heterocycles. The topological polar surface area (TPSA) is 112 Å². The van der Waals surface area contributed by atoms with Crippen LogP contribution in [0.1, 0.15) is 79.7 Å². The third-order valence-corrected chi connectivity index (χ3v) is 11.2. The van der Waals surface area contributed by atoms with Crippen LogP contribution in [-0.4, -0.2) is 52.7 Å². The van der Waals surface area contributed by atoms with E-state index in [0.29, 0.717) is 53.5 Å². The minimum absolute atomic E-state index is 0.00602. The zero-order valence-corrected chi connectivity index (χ0v) is 37.1. The van der Waals surface area contributed by atoms with Gasteiger partial charge in [-0.3, -0.25) is 14.4 Å². The van der Waals surface area contributed by atoms with Crippen LogP contribution in [0.15, 0.2) is 127 Å². The van der Waals surface area contributed by atoms with Crippen molar-refractivity contribution in [2.45, 2.75) is 69.2 Å². The van der Waals surface area contributed by atoms with E-state index in [2.05, 4.69) is 0 Å². The second-order valence-electron chi connectivity index (χ2n) is 15.9. The largest absolute Gasteiger partial charge is 0.421 e. The highest BCUT2D eigenvalue weighted by Crippen LogP contribution is 2.43. The van der Waals surface area contributed by atoms with E-state index in [1.807, 2.05) is 6.92 Å². The Morgan fingerprint density at radius 2 is 0.696 bits per heavy atom. The molecule has 6 nitrogen and oxygen atoms in total. The average molecular weight is 999 g/mol. The van der Waals surface area contributed by atoms with E-state index in [9.17, 15) is 82.4 Å². The number of aliphatic hydroxyl groups is 3. The van der Waals surface area contributed by atoms with Crippen LogP contribution in [0, 0.1) is 6.92 Å². The van der Waals surface area contributed by atoms with Crippen molar-refractivity contribution in [1.29, 1.82) is 0 Å². The summed E-state index contributed by atoms with van der Waals surface area (Å²) in [6.07, 6.45) is -17.5. The summed E-state index contributed by atoms with van der Waals surface area (Å²) in [5, 5.41) is 29.2. The number of alkyl halides is 12. The van der Waals surface area contributed by atoms with Gasteiger partial charge in [-0.15, -0.1) is 0 Å². The highest BCUT2D eigenvalue weighted by molar-refractivity contribution is 6.33. The van der Waals surface area contributed by atoms with Gasteiger partial charge in [0.1, 0.15) is 18.9 Å². The maximum absolute atomic E-state index is 13.2. The van der Waals surface area contributed by atoms with E-state index < -0.39 is 52.6 Å². The van der Waals surface area contributed by atoms with Gasteiger partial charge in [-0.25, -0.2) is 0 Å². The predicted molar refractivity (Wildman–Crippen MR) is 233 cm³/mol. The third-order valence-electron chi connectivity index (χ3n) is 10.9. The lowest BCUT2D eigenvalue weighted by molar-refractivity contribution is -0.259. The highest BCUT2D eigenvalue weighted by atomic mass is 35.5. The van der Waals surface area contributed by atoms with E-state index in [4.69, 9.17) is 11.6 Å². The molecule has 6 aromatic rings. The summed E-state index contributed by atoms with van der Waals surface area (Å²) in [7, 11) is 0. The van der Waals surface area contributed by atoms with Gasteiger partial charge in [0.25, 0.3) is 0 Å². The van der Waals surface area contributed by atoms with E-state index in [1.54, 1.807) is 30.3 Å². The van der Waals surface area contributed by atoms with Crippen molar-refractivity contribution in [3.8, 4) is 33.4 Å². The summed E-state index contributed by atoms with van der Waals surface area (Å²) >= 11 is 6.06. The normalized spacial score (nSPS) is 14.6. The van der Waals surface area contributed by atoms with Crippen LogP contribution in [0.3, 0.4) is 0 Å². The van der Waals surface area contributed by atoms with Crippen LogP contribution in [0.5, 0.6) is 0 Å². The maximum Gasteiger partial charge on any atom is 0.421 e. The zero-order chi connectivity index (χ0) is 52.1. The Labute approximate surface area is 391 Å². The summed E-state index contributed by atoms with van der Waals surface area (Å²) in [6, 6.07) is 27.5. The average Bonchev–Trinajstić information content (AvgIpc) is 3.28. The van der Waals surface area contributed by atoms with Crippen LogP contribution >= 0.6 is 11.6 Å². The Morgan fingerprint density at radius 1 is 0.406 bits per heavy atom. The van der Waals surface area contributed by atoms with Gasteiger partial charge in [0.05, 0.1) is 5.56 Å². The lowest BCUT2D eigenvalue weighted by Crippen LogP contribution is -2.39. The monoisotopic (exact) mass is 998 g/mol. The van der Waals surface area contributed by atoms with Gasteiger partial charge in [-0.2, -0.15) is 52.7 Å². The molecule has 6 aromatic carbocycles. The van der Waals surface area contributed by atoms with Gasteiger partial charge in [-0.05, 0) is 96.0 Å². The molecule has 19 heteroatoms. The van der Waals surface area contributed by atoms with Crippen LogP contribution in [0.4, 0.5) is 52.7 Å². The summed E-state index contributed by atoms with van der Waals surface area (Å²) in [5.41, 5.74) is -6.92. The Morgan fingerprint density at radius 3 is 1.00 bits per heavy atom. The van der Waals surface area contributed by atoms with E-state index in [-0.39, 0.29) is 34.1 Å². The fourth-order valence-corrected chi connectivity index (χ4v) is 6.76. The fourth-order valence-electron chi connectivity index (χ4n) is 6.46. The highest BCUT2D eigenvalue weighted by Gasteiger charge is 2.53. The third kappa shape index (κ3) is 12.7. The minimum Gasteiger partial charge on any atom is -0.376 e. The SMILES string of the molecule is CC(O)(c1ccc(-c2ccc(C=O)cc2C(F)(F)F)cc1)C(F)(F)F.CC(O)(c1ccc(-c2ccc(C=O)cc2Cl)cc1)C(F)(F)F.Cc1cc(C=O)ccc1-c1ccc(C(C)(O)C(F)(F)F)cc1. The predicted octanol–water partition coefficient (Wildman–Crippen LogP) is 13.8. The van der Waals surface area contributed by atoms with Crippen LogP contribution in [0.2, 0.25) is 5.02 Å². The molecule has 0 bridgehead atoms. The number of benzene rings is 6. The molecule has 0 aromatic heterocycles. The molecule has 6 rings (SSSR count). The first-order valence-corrected chi connectivity index (χ1v) is 20.3. The number of carbonyl (C=O) groups excluding carboxylic acids is 3. The van der Waals surface area contributed by atoms with Crippen molar-refractivity contribution in [3.63, 3.8) is 0 Å². The molecule has 3 N–H and O–H groups in total. The molecule has 0 amide bonds. The molecule has 3 atom stereocenters. The molecule has 366 valence electrons. The lowest BCUT2D eigenvalue weighted by Gasteiger charge is -2.26. The Bertz CT molecular complexity index is 2630. The number of aldehydes is 3. The molecule has 3 unspecified atom stereocenters. The number of hydrogen-bond donors (Lipinski definition) is 3. The van der Waals surface area contributed by atoms with Gasteiger partial charge in [0.2, 0.25) is 0 Å². The molecule has 0 saturated carbocycles. The van der Waals surface area contributed by atoms with Gasteiger partial charge in [-0.1, -0.05) is 121 Å². The van der Waals surface area contributed by atoms with Crippen molar-refractivity contribution in [3.05, 3.63) is 177 Å². The number of halogens is 13. The van der Waals surface area contributed by atoms with Crippen molar-refractivity contribution < 1.29 is 82.4 Å². The smallest absolute Gasteiger partial charge is 0.376 e. The number of aryl methyl sites for hydroxylation is 1.